The normalized spacial score (nSPS) is 12.7. The lowest BCUT2D eigenvalue weighted by molar-refractivity contribution is 0.188. The Labute approximate surface area is 97.2 Å². The summed E-state index contributed by atoms with van der Waals surface area (Å²) in [6, 6.07) is 2.23. The van der Waals surface area contributed by atoms with Gasteiger partial charge in [-0.15, -0.1) is 0 Å². The lowest BCUT2D eigenvalue weighted by Crippen LogP contribution is -2.29. The van der Waals surface area contributed by atoms with Gasteiger partial charge in [0.1, 0.15) is 0 Å². The van der Waals surface area contributed by atoms with E-state index in [-0.39, 0.29) is 6.04 Å². The molecule has 0 bridgehead atoms. The minimum absolute atomic E-state index is 0.188. The third-order valence-electron chi connectivity index (χ3n) is 2.74. The number of hydrazine groups is 1. The molecule has 0 aromatic carbocycles. The second-order valence-corrected chi connectivity index (χ2v) is 3.78. The maximum absolute atomic E-state index is 5.60. The third-order valence-corrected chi connectivity index (χ3v) is 2.74. The van der Waals surface area contributed by atoms with Gasteiger partial charge in [-0.1, -0.05) is 6.92 Å². The largest absolute Gasteiger partial charge is 0.385 e. The van der Waals surface area contributed by atoms with Crippen LogP contribution in [0.3, 0.4) is 0 Å². The first kappa shape index (κ1) is 13.1. The fraction of sp³-hybridized carbons (Fsp3) is 0.583. The topological polar surface area (TPSA) is 60.2 Å². The minimum atomic E-state index is 0.188. The van der Waals surface area contributed by atoms with Crippen molar-refractivity contribution in [3.8, 4) is 0 Å². The van der Waals surface area contributed by atoms with E-state index in [1.807, 2.05) is 18.5 Å². The Balaban J connectivity index is 2.69. The summed E-state index contributed by atoms with van der Waals surface area (Å²) in [5, 5.41) is 0. The highest BCUT2D eigenvalue weighted by molar-refractivity contribution is 5.26. The molecule has 3 N–H and O–H groups in total. The molecule has 1 unspecified atom stereocenters. The first-order chi connectivity index (χ1) is 7.83. The first-order valence-corrected chi connectivity index (χ1v) is 5.71. The number of nitrogens with two attached hydrogens (primary N) is 1. The molecule has 0 aliphatic heterocycles. The quantitative estimate of drug-likeness (QED) is 0.418. The summed E-state index contributed by atoms with van der Waals surface area (Å²) in [6.07, 6.45) is 6.68. The van der Waals surface area contributed by atoms with Crippen LogP contribution in [0, 0.1) is 0 Å². The molecule has 0 aliphatic rings. The lowest BCUT2D eigenvalue weighted by atomic mass is 9.98. The molecule has 0 radical (unpaired) electrons. The van der Waals surface area contributed by atoms with E-state index < -0.39 is 0 Å². The monoisotopic (exact) mass is 223 g/mol. The summed E-state index contributed by atoms with van der Waals surface area (Å²) in [5.74, 6) is 5.60. The summed E-state index contributed by atoms with van der Waals surface area (Å²) >= 11 is 0. The molecule has 0 amide bonds. The first-order valence-electron chi connectivity index (χ1n) is 5.71. The number of hydrogen-bond acceptors (Lipinski definition) is 4. The van der Waals surface area contributed by atoms with Gasteiger partial charge in [0, 0.05) is 32.2 Å². The predicted molar refractivity (Wildman–Crippen MR) is 64.8 cm³/mol. The van der Waals surface area contributed by atoms with Crippen molar-refractivity contribution in [2.45, 2.75) is 32.2 Å². The maximum atomic E-state index is 5.60. The van der Waals surface area contributed by atoms with Crippen molar-refractivity contribution in [3.05, 3.63) is 29.6 Å². The Bertz CT molecular complexity index is 304. The standard InChI is InChI=1S/C12H21N3O/c1-3-10-9-14-7-6-11(10)12(15-13)5-4-8-16-2/h6-7,9,12,15H,3-5,8,13H2,1-2H3. The summed E-state index contributed by atoms with van der Waals surface area (Å²) in [6.45, 7) is 2.90. The summed E-state index contributed by atoms with van der Waals surface area (Å²) in [4.78, 5) is 4.14. The number of aromatic nitrogens is 1. The molecule has 90 valence electrons. The van der Waals surface area contributed by atoms with E-state index in [1.54, 1.807) is 7.11 Å². The van der Waals surface area contributed by atoms with Gasteiger partial charge in [0.2, 0.25) is 0 Å². The van der Waals surface area contributed by atoms with Gasteiger partial charge >= 0.3 is 0 Å². The van der Waals surface area contributed by atoms with Crippen molar-refractivity contribution in [1.82, 2.24) is 10.4 Å². The van der Waals surface area contributed by atoms with E-state index in [0.717, 1.165) is 25.9 Å². The fourth-order valence-electron chi connectivity index (χ4n) is 1.83. The van der Waals surface area contributed by atoms with Crippen LogP contribution in [-0.4, -0.2) is 18.7 Å². The maximum Gasteiger partial charge on any atom is 0.0464 e. The molecular weight excluding hydrogens is 202 g/mol. The molecule has 0 saturated heterocycles. The van der Waals surface area contributed by atoms with Crippen molar-refractivity contribution in [3.63, 3.8) is 0 Å². The van der Waals surface area contributed by atoms with Crippen LogP contribution in [0.5, 0.6) is 0 Å². The number of aryl methyl sites for hydroxylation is 1. The Morgan fingerprint density at radius 2 is 2.38 bits per heavy atom. The van der Waals surface area contributed by atoms with E-state index >= 15 is 0 Å². The zero-order valence-corrected chi connectivity index (χ0v) is 10.1. The molecule has 1 atom stereocenters. The molecule has 4 nitrogen and oxygen atoms in total. The minimum Gasteiger partial charge on any atom is -0.385 e. The molecule has 16 heavy (non-hydrogen) atoms. The van der Waals surface area contributed by atoms with Crippen LogP contribution in [0.1, 0.15) is 36.9 Å². The highest BCUT2D eigenvalue weighted by Gasteiger charge is 2.12. The smallest absolute Gasteiger partial charge is 0.0464 e. The van der Waals surface area contributed by atoms with Gasteiger partial charge in [-0.3, -0.25) is 16.3 Å². The molecule has 1 aromatic rings. The molecule has 1 heterocycles. The van der Waals surface area contributed by atoms with Crippen LogP contribution >= 0.6 is 0 Å². The predicted octanol–water partition coefficient (Wildman–Crippen LogP) is 1.57. The summed E-state index contributed by atoms with van der Waals surface area (Å²) < 4.78 is 5.05. The number of ether oxygens (including phenoxy) is 1. The molecule has 4 heteroatoms. The second-order valence-electron chi connectivity index (χ2n) is 3.78. The number of methoxy groups -OCH3 is 1. The second kappa shape index (κ2) is 7.33. The Hall–Kier alpha value is -0.970. The number of pyridine rings is 1. The molecule has 0 saturated carbocycles. The van der Waals surface area contributed by atoms with Crippen LogP contribution in [0.15, 0.2) is 18.5 Å². The SMILES string of the molecule is CCc1cnccc1C(CCCOC)NN. The zero-order valence-electron chi connectivity index (χ0n) is 10.1. The fourth-order valence-corrected chi connectivity index (χ4v) is 1.83. The van der Waals surface area contributed by atoms with E-state index in [2.05, 4.69) is 17.3 Å². The van der Waals surface area contributed by atoms with Crippen LogP contribution in [0.4, 0.5) is 0 Å². The van der Waals surface area contributed by atoms with Crippen LogP contribution in [-0.2, 0) is 11.2 Å². The third kappa shape index (κ3) is 3.56. The van der Waals surface area contributed by atoms with Crippen molar-refractivity contribution in [1.29, 1.82) is 0 Å². The van der Waals surface area contributed by atoms with Crippen molar-refractivity contribution in [2.75, 3.05) is 13.7 Å². The molecule has 0 fully saturated rings. The Kier molecular flexibility index (Phi) is 6.00. The van der Waals surface area contributed by atoms with E-state index in [0.29, 0.717) is 0 Å². The van der Waals surface area contributed by atoms with Gasteiger partial charge in [0.15, 0.2) is 0 Å². The van der Waals surface area contributed by atoms with E-state index in [9.17, 15) is 0 Å². The highest BCUT2D eigenvalue weighted by Crippen LogP contribution is 2.21. The molecule has 1 aromatic heterocycles. The summed E-state index contributed by atoms with van der Waals surface area (Å²) in [5.41, 5.74) is 5.37. The number of nitrogens with zero attached hydrogens (tertiary/aromatic N) is 1. The van der Waals surface area contributed by atoms with Gasteiger partial charge in [-0.2, -0.15) is 0 Å². The lowest BCUT2D eigenvalue weighted by Gasteiger charge is -2.18. The van der Waals surface area contributed by atoms with Crippen molar-refractivity contribution >= 4 is 0 Å². The molecule has 0 aliphatic carbocycles. The van der Waals surface area contributed by atoms with Gasteiger partial charge < -0.3 is 4.74 Å². The number of rotatable bonds is 7. The van der Waals surface area contributed by atoms with E-state index in [1.165, 1.54) is 11.1 Å². The van der Waals surface area contributed by atoms with Crippen LogP contribution in [0.2, 0.25) is 0 Å². The van der Waals surface area contributed by atoms with Gasteiger partial charge in [0.05, 0.1) is 0 Å². The van der Waals surface area contributed by atoms with Crippen molar-refractivity contribution in [2.24, 2.45) is 5.84 Å². The summed E-state index contributed by atoms with van der Waals surface area (Å²) in [7, 11) is 1.72. The van der Waals surface area contributed by atoms with E-state index in [4.69, 9.17) is 10.6 Å². The molecule has 0 spiro atoms. The Morgan fingerprint density at radius 3 is 3.00 bits per heavy atom. The van der Waals surface area contributed by atoms with Gasteiger partial charge in [-0.25, -0.2) is 0 Å². The Morgan fingerprint density at radius 1 is 1.56 bits per heavy atom. The highest BCUT2D eigenvalue weighted by atomic mass is 16.5. The number of nitrogens with one attached hydrogen (secondary N) is 1. The zero-order chi connectivity index (χ0) is 11.8. The van der Waals surface area contributed by atoms with Crippen LogP contribution in [0.25, 0.3) is 0 Å². The van der Waals surface area contributed by atoms with Gasteiger partial charge in [0.25, 0.3) is 0 Å². The molecular formula is C12H21N3O. The van der Waals surface area contributed by atoms with Gasteiger partial charge in [-0.05, 0) is 36.5 Å². The van der Waals surface area contributed by atoms with Crippen LogP contribution < -0.4 is 11.3 Å². The van der Waals surface area contributed by atoms with Crippen molar-refractivity contribution < 1.29 is 4.74 Å². The average molecular weight is 223 g/mol. The average Bonchev–Trinajstić information content (AvgIpc) is 2.35. The molecule has 1 rings (SSSR count). The number of hydrogen-bond donors (Lipinski definition) is 2.